The molecule has 2 aliphatic rings. The highest BCUT2D eigenvalue weighted by Gasteiger charge is 2.53. The topological polar surface area (TPSA) is 110 Å². The van der Waals surface area contributed by atoms with Crippen LogP contribution in [0.5, 0.6) is 0 Å². The Kier molecular flexibility index (Phi) is 5.19. The second-order valence-electron chi connectivity index (χ2n) is 5.25. The van der Waals surface area contributed by atoms with Crippen LogP contribution in [0.15, 0.2) is 4.99 Å². The minimum absolute atomic E-state index is 0.170. The van der Waals surface area contributed by atoms with E-state index in [1.807, 2.05) is 0 Å². The number of carbonyl (C=O) groups excluding carboxylic acids is 3. The molecule has 0 aromatic carbocycles. The number of rotatable bonds is 4. The lowest BCUT2D eigenvalue weighted by Crippen LogP contribution is -2.60. The van der Waals surface area contributed by atoms with Gasteiger partial charge in [0.15, 0.2) is 24.1 Å². The van der Waals surface area contributed by atoms with Crippen molar-refractivity contribution in [2.75, 3.05) is 6.61 Å². The molecule has 0 bridgehead atoms. The van der Waals surface area contributed by atoms with E-state index >= 15 is 0 Å². The second-order valence-corrected chi connectivity index (χ2v) is 5.25. The highest BCUT2D eigenvalue weighted by molar-refractivity contribution is 5.75. The molecule has 0 radical (unpaired) electrons. The molecule has 23 heavy (non-hydrogen) atoms. The average Bonchev–Trinajstić information content (AvgIpc) is 2.78. The van der Waals surface area contributed by atoms with Crippen LogP contribution in [-0.4, -0.2) is 61.1 Å². The number of hydrogen-bond acceptors (Lipinski definition) is 9. The minimum Gasteiger partial charge on any atom is -0.463 e. The Morgan fingerprint density at radius 2 is 1.65 bits per heavy atom. The van der Waals surface area contributed by atoms with E-state index in [4.69, 9.17) is 23.7 Å². The van der Waals surface area contributed by atoms with Gasteiger partial charge in [-0.2, -0.15) is 0 Å². The Morgan fingerprint density at radius 1 is 1.04 bits per heavy atom. The Morgan fingerprint density at radius 3 is 2.22 bits per heavy atom. The number of carbonyl (C=O) groups is 3. The summed E-state index contributed by atoms with van der Waals surface area (Å²) in [5, 5.41) is 0. The lowest BCUT2D eigenvalue weighted by Gasteiger charge is -2.40. The zero-order valence-corrected chi connectivity index (χ0v) is 13.3. The van der Waals surface area contributed by atoms with Crippen LogP contribution in [0.25, 0.3) is 0 Å². The summed E-state index contributed by atoms with van der Waals surface area (Å²) in [6.45, 7) is 5.17. The monoisotopic (exact) mass is 329 g/mol. The summed E-state index contributed by atoms with van der Waals surface area (Å²) >= 11 is 0. The fourth-order valence-corrected chi connectivity index (χ4v) is 2.53. The van der Waals surface area contributed by atoms with Crippen LogP contribution in [0, 0.1) is 0 Å². The second kappa shape index (κ2) is 6.95. The van der Waals surface area contributed by atoms with Gasteiger partial charge in [-0.15, -0.1) is 0 Å². The average molecular weight is 329 g/mol. The lowest BCUT2D eigenvalue weighted by molar-refractivity contribution is -0.249. The molecule has 9 nitrogen and oxygen atoms in total. The number of esters is 3. The molecule has 128 valence electrons. The van der Waals surface area contributed by atoms with E-state index in [0.717, 1.165) is 0 Å². The molecular formula is C14H19NO8. The maximum atomic E-state index is 11.4. The van der Waals surface area contributed by atoms with Gasteiger partial charge < -0.3 is 23.7 Å². The molecule has 0 aromatic rings. The number of hydrogen-bond donors (Lipinski definition) is 0. The molecule has 1 fully saturated rings. The number of nitrogens with zero attached hydrogens (tertiary/aromatic N) is 1. The maximum absolute atomic E-state index is 11.4. The normalized spacial score (nSPS) is 32.2. The van der Waals surface area contributed by atoms with Gasteiger partial charge in [-0.25, -0.2) is 4.99 Å². The summed E-state index contributed by atoms with van der Waals surface area (Å²) in [4.78, 5) is 38.1. The number of fused-ring (bicyclic) bond motifs is 1. The van der Waals surface area contributed by atoms with Crippen LogP contribution < -0.4 is 0 Å². The smallest absolute Gasteiger partial charge is 0.303 e. The number of aliphatic imine (C=N–C) groups is 1. The Balaban J connectivity index is 2.26. The molecule has 0 N–H and O–H groups in total. The van der Waals surface area contributed by atoms with Gasteiger partial charge in [0.1, 0.15) is 12.7 Å². The first-order valence-corrected chi connectivity index (χ1v) is 7.12. The molecule has 0 aliphatic carbocycles. The molecule has 1 saturated heterocycles. The first kappa shape index (κ1) is 17.2. The highest BCUT2D eigenvalue weighted by Crippen LogP contribution is 2.32. The van der Waals surface area contributed by atoms with Gasteiger partial charge in [-0.05, 0) is 0 Å². The van der Waals surface area contributed by atoms with Gasteiger partial charge in [0.25, 0.3) is 0 Å². The van der Waals surface area contributed by atoms with Crippen LogP contribution in [-0.2, 0) is 38.1 Å². The summed E-state index contributed by atoms with van der Waals surface area (Å²) in [6.07, 6.45) is -3.50. The Bertz CT molecular complexity index is 531. The van der Waals surface area contributed by atoms with Crippen LogP contribution in [0.1, 0.15) is 27.7 Å². The van der Waals surface area contributed by atoms with Crippen molar-refractivity contribution in [1.29, 1.82) is 0 Å². The molecular weight excluding hydrogens is 310 g/mol. The first-order chi connectivity index (χ1) is 10.8. The van der Waals surface area contributed by atoms with Gasteiger partial charge in [0.2, 0.25) is 6.29 Å². The third kappa shape index (κ3) is 4.19. The van der Waals surface area contributed by atoms with Crippen molar-refractivity contribution in [1.82, 2.24) is 0 Å². The van der Waals surface area contributed by atoms with Crippen LogP contribution >= 0.6 is 0 Å². The van der Waals surface area contributed by atoms with E-state index in [9.17, 15) is 14.4 Å². The molecule has 0 amide bonds. The Hall–Kier alpha value is -2.16. The zero-order valence-electron chi connectivity index (χ0n) is 13.3. The van der Waals surface area contributed by atoms with Crippen molar-refractivity contribution >= 4 is 23.8 Å². The summed E-state index contributed by atoms with van der Waals surface area (Å²) in [6, 6.07) is -0.656. The van der Waals surface area contributed by atoms with Crippen LogP contribution in [0.2, 0.25) is 0 Å². The molecule has 4 unspecified atom stereocenters. The SMILES string of the molecule is CC(=O)OCC1O[C@H]2OC(C)=NC2C(OC(C)=O)C1OC(C)=O. The van der Waals surface area contributed by atoms with Gasteiger partial charge in [0.05, 0.1) is 0 Å². The van der Waals surface area contributed by atoms with E-state index in [1.54, 1.807) is 6.92 Å². The van der Waals surface area contributed by atoms with Crippen LogP contribution in [0.3, 0.4) is 0 Å². The standard InChI is InChI=1S/C14H19NO8/c1-6-15-11-13(22-9(4)18)12(21-8(3)17)10(5-19-7(2)16)23-14(11)20-6/h10-14H,5H2,1-4H3/t10?,11?,12?,13?,14-/m1/s1. The Labute approximate surface area is 132 Å². The third-order valence-corrected chi connectivity index (χ3v) is 3.29. The minimum atomic E-state index is -0.963. The predicted octanol–water partition coefficient (Wildman–Crippen LogP) is -0.0450. The largest absolute Gasteiger partial charge is 0.463 e. The molecule has 2 aliphatic heterocycles. The zero-order chi connectivity index (χ0) is 17.1. The van der Waals surface area contributed by atoms with E-state index in [0.29, 0.717) is 5.90 Å². The van der Waals surface area contributed by atoms with Gasteiger partial charge in [-0.1, -0.05) is 0 Å². The van der Waals surface area contributed by atoms with E-state index in [-0.39, 0.29) is 6.61 Å². The lowest BCUT2D eigenvalue weighted by atomic mass is 9.97. The fourth-order valence-electron chi connectivity index (χ4n) is 2.53. The molecule has 9 heteroatoms. The highest BCUT2D eigenvalue weighted by atomic mass is 16.7. The van der Waals surface area contributed by atoms with E-state index in [1.165, 1.54) is 20.8 Å². The first-order valence-electron chi connectivity index (χ1n) is 7.12. The van der Waals surface area contributed by atoms with Crippen molar-refractivity contribution in [2.45, 2.75) is 58.3 Å². The molecule has 0 aromatic heterocycles. The summed E-state index contributed by atoms with van der Waals surface area (Å²) in [7, 11) is 0. The van der Waals surface area contributed by atoms with Crippen molar-refractivity contribution in [3.63, 3.8) is 0 Å². The fraction of sp³-hybridized carbons (Fsp3) is 0.714. The molecule has 2 rings (SSSR count). The third-order valence-electron chi connectivity index (χ3n) is 3.29. The van der Waals surface area contributed by atoms with Crippen molar-refractivity contribution < 1.29 is 38.1 Å². The van der Waals surface area contributed by atoms with Crippen molar-refractivity contribution in [3.8, 4) is 0 Å². The predicted molar refractivity (Wildman–Crippen MR) is 74.4 cm³/mol. The summed E-state index contributed by atoms with van der Waals surface area (Å²) < 4.78 is 26.5. The van der Waals surface area contributed by atoms with Gasteiger partial charge in [-0.3, -0.25) is 14.4 Å². The van der Waals surface area contributed by atoms with E-state index in [2.05, 4.69) is 4.99 Å². The molecule has 0 saturated carbocycles. The molecule has 0 spiro atoms. The molecule has 2 heterocycles. The number of ether oxygens (including phenoxy) is 5. The van der Waals surface area contributed by atoms with Crippen LogP contribution in [0.4, 0.5) is 0 Å². The van der Waals surface area contributed by atoms with Crippen molar-refractivity contribution in [3.05, 3.63) is 0 Å². The quantitative estimate of drug-likeness (QED) is 0.522. The van der Waals surface area contributed by atoms with Crippen molar-refractivity contribution in [2.24, 2.45) is 4.99 Å². The van der Waals surface area contributed by atoms with Gasteiger partial charge in [0, 0.05) is 27.7 Å². The van der Waals surface area contributed by atoms with E-state index < -0.39 is 48.6 Å². The molecule has 5 atom stereocenters. The maximum Gasteiger partial charge on any atom is 0.303 e. The summed E-state index contributed by atoms with van der Waals surface area (Å²) in [5.41, 5.74) is 0. The summed E-state index contributed by atoms with van der Waals surface area (Å²) in [5.74, 6) is -1.28. The van der Waals surface area contributed by atoms with Gasteiger partial charge >= 0.3 is 17.9 Å².